The van der Waals surface area contributed by atoms with Crippen LogP contribution in [0.25, 0.3) is 43.1 Å². The summed E-state index contributed by atoms with van der Waals surface area (Å²) in [6.07, 6.45) is 0. The number of aromatic carboxylic acids is 1. The zero-order valence-corrected chi connectivity index (χ0v) is 17.4. The minimum absolute atomic E-state index is 0.0592. The molecule has 0 spiro atoms. The molecule has 0 fully saturated rings. The first-order valence-electron chi connectivity index (χ1n) is 8.44. The number of hydrogen-bond donors (Lipinski definition) is 2. The molecule has 5 rings (SSSR count). The minimum Gasteiger partial charge on any atom is -0.478 e. The van der Waals surface area contributed by atoms with E-state index in [0.717, 1.165) is 42.2 Å². The fourth-order valence-corrected chi connectivity index (χ4v) is 5.39. The van der Waals surface area contributed by atoms with E-state index in [0.29, 0.717) is 9.86 Å². The summed E-state index contributed by atoms with van der Waals surface area (Å²) in [4.78, 5) is 24.1. The van der Waals surface area contributed by atoms with Crippen LogP contribution in [-0.2, 0) is 0 Å². The van der Waals surface area contributed by atoms with Gasteiger partial charge in [-0.25, -0.2) is 4.79 Å². The van der Waals surface area contributed by atoms with Crippen LogP contribution >= 0.6 is 31.9 Å². The number of rotatable bonds is 2. The number of carbonyl (C=O) groups excluding carboxylic acids is 1. The molecular weight excluding hydrogens is 486 g/mol. The lowest BCUT2D eigenvalue weighted by Crippen LogP contribution is -2.13. The third-order valence-electron chi connectivity index (χ3n) is 5.26. The van der Waals surface area contributed by atoms with Crippen molar-refractivity contribution in [3.05, 3.63) is 68.6 Å². The van der Waals surface area contributed by atoms with Crippen LogP contribution in [-0.4, -0.2) is 17.0 Å². The van der Waals surface area contributed by atoms with Gasteiger partial charge in [-0.2, -0.15) is 0 Å². The van der Waals surface area contributed by atoms with Gasteiger partial charge in [0.1, 0.15) is 0 Å². The molecule has 0 aliphatic rings. The highest BCUT2D eigenvalue weighted by Crippen LogP contribution is 2.46. The van der Waals surface area contributed by atoms with Crippen molar-refractivity contribution < 1.29 is 14.7 Å². The van der Waals surface area contributed by atoms with E-state index in [-0.39, 0.29) is 11.1 Å². The molecule has 0 saturated carbocycles. The molecule has 0 radical (unpaired) electrons. The third-order valence-corrected chi connectivity index (χ3v) is 6.55. The molecule has 28 heavy (non-hydrogen) atoms. The molecule has 4 nitrogen and oxygen atoms in total. The molecule has 0 atom stereocenters. The smallest absolute Gasteiger partial charge is 0.336 e. The molecule has 6 heteroatoms. The standard InChI is InChI=1S/C22H11Br2NO3/c23-14-7-4-9-2-1-3-10-16(9)18(14)11-5-6-12(22(27)28)17-13(21(25)26)8-15(24)19(10)20(11)17/h1-8H,(H2,25,26)(H,27,28). The summed E-state index contributed by atoms with van der Waals surface area (Å²) in [6.45, 7) is 0. The Hall–Kier alpha value is -2.70. The van der Waals surface area contributed by atoms with Crippen LogP contribution < -0.4 is 5.73 Å². The average molecular weight is 497 g/mol. The first-order valence-corrected chi connectivity index (χ1v) is 10.0. The van der Waals surface area contributed by atoms with E-state index in [1.807, 2.05) is 36.4 Å². The Balaban J connectivity index is 2.26. The first-order chi connectivity index (χ1) is 13.4. The normalized spacial score (nSPS) is 11.8. The monoisotopic (exact) mass is 495 g/mol. The second-order valence-electron chi connectivity index (χ2n) is 6.69. The van der Waals surface area contributed by atoms with E-state index < -0.39 is 11.9 Å². The molecule has 1 amide bonds. The summed E-state index contributed by atoms with van der Waals surface area (Å²) in [5.41, 5.74) is 5.86. The Morgan fingerprint density at radius 2 is 1.46 bits per heavy atom. The van der Waals surface area contributed by atoms with E-state index in [4.69, 9.17) is 5.73 Å². The van der Waals surface area contributed by atoms with Crippen LogP contribution in [0, 0.1) is 0 Å². The summed E-state index contributed by atoms with van der Waals surface area (Å²) in [6, 6.07) is 15.0. The molecule has 136 valence electrons. The minimum atomic E-state index is -1.10. The molecule has 0 bridgehead atoms. The Labute approximate surface area is 175 Å². The lowest BCUT2D eigenvalue weighted by molar-refractivity contribution is 0.0699. The number of carboxylic acids is 1. The van der Waals surface area contributed by atoms with Crippen LogP contribution in [0.5, 0.6) is 0 Å². The highest BCUT2D eigenvalue weighted by Gasteiger charge is 2.23. The number of carbonyl (C=O) groups is 2. The van der Waals surface area contributed by atoms with Crippen molar-refractivity contribution in [3.63, 3.8) is 0 Å². The number of amides is 1. The maximum atomic E-state index is 12.2. The molecule has 3 N–H and O–H groups in total. The SMILES string of the molecule is NC(=O)c1cc(Br)c2c3cccc4ccc(Br)c(c5ccc(C(=O)O)c1c52)c43. The molecule has 0 aromatic heterocycles. The zero-order valence-electron chi connectivity index (χ0n) is 14.2. The van der Waals surface area contributed by atoms with Gasteiger partial charge in [-0.15, -0.1) is 0 Å². The van der Waals surface area contributed by atoms with Gasteiger partial charge in [0.15, 0.2) is 0 Å². The number of benzene rings is 5. The van der Waals surface area contributed by atoms with Gasteiger partial charge >= 0.3 is 5.97 Å². The fraction of sp³-hybridized carbons (Fsp3) is 0. The van der Waals surface area contributed by atoms with Gasteiger partial charge in [-0.1, -0.05) is 62.2 Å². The van der Waals surface area contributed by atoms with E-state index >= 15 is 0 Å². The number of hydrogen-bond acceptors (Lipinski definition) is 2. The van der Waals surface area contributed by atoms with E-state index in [1.165, 1.54) is 0 Å². The number of fused-ring (bicyclic) bond motifs is 2. The molecule has 0 aliphatic heterocycles. The second kappa shape index (κ2) is 5.90. The topological polar surface area (TPSA) is 80.4 Å². The molecular formula is C22H11Br2NO3. The van der Waals surface area contributed by atoms with Gasteiger partial charge in [-0.3, -0.25) is 4.79 Å². The highest BCUT2D eigenvalue weighted by atomic mass is 79.9. The van der Waals surface area contributed by atoms with Crippen LogP contribution in [0.15, 0.2) is 57.5 Å². The Morgan fingerprint density at radius 3 is 2.18 bits per heavy atom. The van der Waals surface area contributed by atoms with Crippen molar-refractivity contribution in [2.45, 2.75) is 0 Å². The van der Waals surface area contributed by atoms with Crippen molar-refractivity contribution in [1.29, 1.82) is 0 Å². The lowest BCUT2D eigenvalue weighted by Gasteiger charge is -2.19. The second-order valence-corrected chi connectivity index (χ2v) is 8.40. The summed E-state index contributed by atoms with van der Waals surface area (Å²) in [7, 11) is 0. The quantitative estimate of drug-likeness (QED) is 0.230. The predicted molar refractivity (Wildman–Crippen MR) is 119 cm³/mol. The van der Waals surface area contributed by atoms with Gasteiger partial charge < -0.3 is 10.8 Å². The van der Waals surface area contributed by atoms with E-state index in [1.54, 1.807) is 12.1 Å². The zero-order chi connectivity index (χ0) is 19.7. The summed E-state index contributed by atoms with van der Waals surface area (Å²) in [5.74, 6) is -1.76. The molecule has 5 aromatic carbocycles. The van der Waals surface area contributed by atoms with Crippen molar-refractivity contribution in [1.82, 2.24) is 0 Å². The van der Waals surface area contributed by atoms with Gasteiger partial charge in [0.2, 0.25) is 5.91 Å². The number of carboxylic acid groups (broad SMARTS) is 1. The largest absolute Gasteiger partial charge is 0.478 e. The van der Waals surface area contributed by atoms with Gasteiger partial charge in [0.25, 0.3) is 0 Å². The lowest BCUT2D eigenvalue weighted by atomic mass is 9.86. The highest BCUT2D eigenvalue weighted by molar-refractivity contribution is 9.11. The van der Waals surface area contributed by atoms with Crippen LogP contribution in [0.2, 0.25) is 0 Å². The Morgan fingerprint density at radius 1 is 0.750 bits per heavy atom. The van der Waals surface area contributed by atoms with Gasteiger partial charge in [-0.05, 0) is 39.7 Å². The van der Waals surface area contributed by atoms with E-state index in [9.17, 15) is 14.7 Å². The molecule has 0 saturated heterocycles. The third kappa shape index (κ3) is 2.16. The maximum absolute atomic E-state index is 12.2. The molecule has 0 unspecified atom stereocenters. The van der Waals surface area contributed by atoms with Gasteiger partial charge in [0.05, 0.1) is 5.56 Å². The number of nitrogens with two attached hydrogens (primary N) is 1. The predicted octanol–water partition coefficient (Wildman–Crippen LogP) is 6.06. The van der Waals surface area contributed by atoms with Crippen LogP contribution in [0.1, 0.15) is 20.7 Å². The summed E-state index contributed by atoms with van der Waals surface area (Å²) in [5, 5.41) is 16.7. The van der Waals surface area contributed by atoms with Crippen molar-refractivity contribution in [2.24, 2.45) is 5.73 Å². The van der Waals surface area contributed by atoms with Crippen molar-refractivity contribution in [3.8, 4) is 0 Å². The number of primary amides is 1. The summed E-state index contributed by atoms with van der Waals surface area (Å²) < 4.78 is 1.61. The average Bonchev–Trinajstić information content (AvgIpc) is 2.66. The van der Waals surface area contributed by atoms with Gasteiger partial charge in [0, 0.05) is 36.1 Å². The number of halogens is 2. The molecule has 5 aromatic rings. The Bertz CT molecular complexity index is 1490. The van der Waals surface area contributed by atoms with Crippen LogP contribution in [0.3, 0.4) is 0 Å². The maximum Gasteiger partial charge on any atom is 0.336 e. The van der Waals surface area contributed by atoms with E-state index in [2.05, 4.69) is 31.9 Å². The van der Waals surface area contributed by atoms with Crippen molar-refractivity contribution >= 4 is 86.8 Å². The van der Waals surface area contributed by atoms with Crippen LogP contribution in [0.4, 0.5) is 0 Å². The Kier molecular flexibility index (Phi) is 3.66. The summed E-state index contributed by atoms with van der Waals surface area (Å²) >= 11 is 7.25. The van der Waals surface area contributed by atoms with Crippen molar-refractivity contribution in [2.75, 3.05) is 0 Å². The molecule has 0 heterocycles. The first kappa shape index (κ1) is 17.4. The molecule has 0 aliphatic carbocycles. The fourth-order valence-electron chi connectivity index (χ4n) is 4.20.